The molecular weight excluding hydrogens is 464 g/mol. The summed E-state index contributed by atoms with van der Waals surface area (Å²) in [6.07, 6.45) is 4.60. The summed E-state index contributed by atoms with van der Waals surface area (Å²) in [7, 11) is -8.22. The van der Waals surface area contributed by atoms with Gasteiger partial charge in [-0.2, -0.15) is 3.71 Å². The van der Waals surface area contributed by atoms with E-state index in [1.54, 1.807) is 9.13 Å². The summed E-state index contributed by atoms with van der Waals surface area (Å²) < 4.78 is 80.3. The van der Waals surface area contributed by atoms with E-state index in [4.69, 9.17) is 0 Å². The lowest BCUT2D eigenvalue weighted by Crippen LogP contribution is -2.35. The van der Waals surface area contributed by atoms with Crippen molar-refractivity contribution in [1.82, 2.24) is 19.1 Å². The van der Waals surface area contributed by atoms with Crippen LogP contribution in [0.15, 0.2) is 36.7 Å². The molecule has 0 bridgehead atoms. The fourth-order valence-corrected chi connectivity index (χ4v) is 6.82. The van der Waals surface area contributed by atoms with Crippen LogP contribution in [-0.2, 0) is 20.0 Å². The Morgan fingerprint density at radius 2 is 1.69 bits per heavy atom. The first-order valence-corrected chi connectivity index (χ1v) is 13.2. The zero-order valence-corrected chi connectivity index (χ0v) is 18.5. The minimum Gasteiger partial charge on any atom is -0.304 e. The molecule has 0 radical (unpaired) electrons. The Labute approximate surface area is 182 Å². The van der Waals surface area contributed by atoms with E-state index in [0.29, 0.717) is 26.2 Å². The Kier molecular flexibility index (Phi) is 4.37. The van der Waals surface area contributed by atoms with Gasteiger partial charge in [0.25, 0.3) is 0 Å². The topological polar surface area (TPSA) is 107 Å². The molecule has 1 aliphatic rings. The minimum absolute atomic E-state index is 0.0333. The van der Waals surface area contributed by atoms with Crippen LogP contribution in [-0.4, -0.2) is 48.4 Å². The molecule has 168 valence electrons. The lowest BCUT2D eigenvalue weighted by atomic mass is 10.3. The lowest BCUT2D eigenvalue weighted by molar-refractivity contribution is 0.511. The van der Waals surface area contributed by atoms with E-state index in [2.05, 4.69) is 9.97 Å². The monoisotopic (exact) mass is 481 g/mol. The van der Waals surface area contributed by atoms with Crippen LogP contribution in [0.3, 0.4) is 0 Å². The summed E-state index contributed by atoms with van der Waals surface area (Å²) in [5.41, 5.74) is 1.08. The second kappa shape index (κ2) is 6.72. The highest BCUT2D eigenvalue weighted by atomic mass is 32.3. The largest absolute Gasteiger partial charge is 0.304 e. The molecular formula is C19H17F2N5O4S2. The maximum Gasteiger partial charge on any atom is 0.245 e. The van der Waals surface area contributed by atoms with Gasteiger partial charge >= 0.3 is 0 Å². The molecule has 1 aliphatic carbocycles. The highest BCUT2D eigenvalue weighted by Crippen LogP contribution is 2.41. The molecule has 1 saturated carbocycles. The molecule has 4 aromatic rings. The number of hydrogen-bond acceptors (Lipinski definition) is 6. The first kappa shape index (κ1) is 20.8. The molecule has 13 heteroatoms. The van der Waals surface area contributed by atoms with Gasteiger partial charge in [0.2, 0.25) is 26.0 Å². The number of anilines is 1. The fourth-order valence-electron chi connectivity index (χ4n) is 3.86. The average molecular weight is 482 g/mol. The van der Waals surface area contributed by atoms with E-state index in [0.717, 1.165) is 31.4 Å². The van der Waals surface area contributed by atoms with Crippen molar-refractivity contribution in [2.45, 2.75) is 18.9 Å². The van der Waals surface area contributed by atoms with Gasteiger partial charge in [0, 0.05) is 6.04 Å². The third-order valence-electron chi connectivity index (χ3n) is 5.20. The van der Waals surface area contributed by atoms with Crippen LogP contribution in [0.4, 0.5) is 14.5 Å². The molecule has 0 unspecified atom stereocenters. The van der Waals surface area contributed by atoms with Gasteiger partial charge in [0.05, 0.1) is 34.7 Å². The molecule has 2 aromatic heterocycles. The predicted molar refractivity (Wildman–Crippen MR) is 115 cm³/mol. The number of benzene rings is 2. The van der Waals surface area contributed by atoms with Gasteiger partial charge in [-0.15, -0.1) is 0 Å². The highest BCUT2D eigenvalue weighted by molar-refractivity contribution is 8.09. The number of fused-ring (bicyclic) bond motifs is 2. The highest BCUT2D eigenvalue weighted by Gasteiger charge is 2.32. The van der Waals surface area contributed by atoms with E-state index < -0.39 is 31.7 Å². The van der Waals surface area contributed by atoms with Gasteiger partial charge in [-0.25, -0.2) is 35.6 Å². The molecule has 0 saturated heterocycles. The quantitative estimate of drug-likeness (QED) is 0.434. The van der Waals surface area contributed by atoms with Gasteiger partial charge in [0.1, 0.15) is 11.8 Å². The second-order valence-electron chi connectivity index (χ2n) is 7.75. The van der Waals surface area contributed by atoms with Crippen LogP contribution in [0.5, 0.6) is 0 Å². The predicted octanol–water partition coefficient (Wildman–Crippen LogP) is 2.71. The molecule has 0 atom stereocenters. The van der Waals surface area contributed by atoms with Gasteiger partial charge in [0.15, 0.2) is 11.6 Å². The molecule has 0 aliphatic heterocycles. The molecule has 32 heavy (non-hydrogen) atoms. The summed E-state index contributed by atoms with van der Waals surface area (Å²) in [6, 6.07) is 6.58. The number of sulfonamides is 2. The maximum absolute atomic E-state index is 14.6. The number of halogens is 2. The Morgan fingerprint density at radius 1 is 1.00 bits per heavy atom. The van der Waals surface area contributed by atoms with Gasteiger partial charge in [-0.1, -0.05) is 0 Å². The van der Waals surface area contributed by atoms with E-state index in [1.165, 1.54) is 30.6 Å². The Morgan fingerprint density at radius 3 is 2.31 bits per heavy atom. The zero-order valence-electron chi connectivity index (χ0n) is 16.9. The normalized spacial score (nSPS) is 15.0. The molecule has 5 rings (SSSR count). The minimum atomic E-state index is -4.11. The molecule has 9 nitrogen and oxygen atoms in total. The third-order valence-corrected chi connectivity index (χ3v) is 8.45. The second-order valence-corrected chi connectivity index (χ2v) is 11.6. The van der Waals surface area contributed by atoms with Crippen molar-refractivity contribution >= 4 is 47.8 Å². The number of imidazole rings is 2. The van der Waals surface area contributed by atoms with Crippen molar-refractivity contribution in [1.29, 1.82) is 0 Å². The van der Waals surface area contributed by atoms with Crippen LogP contribution in [0, 0.1) is 11.6 Å². The van der Waals surface area contributed by atoms with Gasteiger partial charge in [-0.3, -0.25) is 4.57 Å². The molecule has 1 fully saturated rings. The average Bonchev–Trinajstić information content (AvgIpc) is 3.31. The van der Waals surface area contributed by atoms with E-state index in [-0.39, 0.29) is 17.2 Å². The molecule has 2 aromatic carbocycles. The van der Waals surface area contributed by atoms with E-state index in [9.17, 15) is 25.6 Å². The van der Waals surface area contributed by atoms with Crippen molar-refractivity contribution in [3.8, 4) is 5.95 Å². The van der Waals surface area contributed by atoms with Crippen molar-refractivity contribution in [3.63, 3.8) is 0 Å². The van der Waals surface area contributed by atoms with Gasteiger partial charge in [-0.05, 0) is 43.2 Å². The van der Waals surface area contributed by atoms with Crippen LogP contribution >= 0.6 is 0 Å². The van der Waals surface area contributed by atoms with Crippen LogP contribution in [0.25, 0.3) is 28.0 Å². The first-order chi connectivity index (χ1) is 15.0. The number of hydrogen-bond donors (Lipinski definition) is 0. The summed E-state index contributed by atoms with van der Waals surface area (Å²) in [6.45, 7) is 0. The Hall–Kier alpha value is -3.06. The molecule has 0 spiro atoms. The van der Waals surface area contributed by atoms with Crippen molar-refractivity contribution < 1.29 is 25.6 Å². The van der Waals surface area contributed by atoms with Crippen molar-refractivity contribution in [2.24, 2.45) is 0 Å². The summed E-state index contributed by atoms with van der Waals surface area (Å²) >= 11 is 0. The molecule has 0 N–H and O–H groups in total. The maximum atomic E-state index is 14.6. The summed E-state index contributed by atoms with van der Waals surface area (Å²) in [4.78, 5) is 8.74. The molecule has 0 amide bonds. The first-order valence-electron chi connectivity index (χ1n) is 9.50. The zero-order chi connectivity index (χ0) is 23.0. The van der Waals surface area contributed by atoms with E-state index >= 15 is 0 Å². The van der Waals surface area contributed by atoms with Crippen molar-refractivity contribution in [3.05, 3.63) is 48.3 Å². The third kappa shape index (κ3) is 3.23. The number of aromatic nitrogens is 4. The number of rotatable bonds is 5. The smallest absolute Gasteiger partial charge is 0.245 e. The summed E-state index contributed by atoms with van der Waals surface area (Å²) in [5, 5.41) is 0. The van der Waals surface area contributed by atoms with Crippen LogP contribution in [0.2, 0.25) is 0 Å². The molecule has 2 heterocycles. The van der Waals surface area contributed by atoms with Crippen LogP contribution in [0.1, 0.15) is 18.9 Å². The Bertz CT molecular complexity index is 1590. The standard InChI is InChI=1S/C19H17F2N5O4S2/c1-31(27,28)26(32(2,29)30)12-5-8-16-15(9-12)22-10-24(16)19-23-14-7-6-13(20)17(21)18(14)25(19)11-3-4-11/h5-11H,3-4H2,1-2H3. The fraction of sp³-hybridized carbons (Fsp3) is 0.263. The van der Waals surface area contributed by atoms with Crippen LogP contribution < -0.4 is 3.71 Å². The Balaban J connectivity index is 1.72. The lowest BCUT2D eigenvalue weighted by Gasteiger charge is -2.19. The van der Waals surface area contributed by atoms with E-state index in [1.807, 2.05) is 0 Å². The summed E-state index contributed by atoms with van der Waals surface area (Å²) in [5.74, 6) is -1.60. The SMILES string of the molecule is CS(=O)(=O)N(c1ccc2c(c1)ncn2-c1nc2ccc(F)c(F)c2n1C1CC1)S(C)(=O)=O. The van der Waals surface area contributed by atoms with Crippen molar-refractivity contribution in [2.75, 3.05) is 16.2 Å². The number of nitrogens with zero attached hydrogens (tertiary/aromatic N) is 5. The van der Waals surface area contributed by atoms with Gasteiger partial charge < -0.3 is 4.57 Å².